The van der Waals surface area contributed by atoms with Crippen molar-refractivity contribution in [3.05, 3.63) is 29.8 Å². The largest absolute Gasteiger partial charge is 0.461 e. The first-order valence-electron chi connectivity index (χ1n) is 5.79. The van der Waals surface area contributed by atoms with E-state index in [0.717, 1.165) is 29.4 Å². The minimum atomic E-state index is 0.103. The van der Waals surface area contributed by atoms with Crippen LogP contribution in [0.3, 0.4) is 0 Å². The van der Waals surface area contributed by atoms with Gasteiger partial charge < -0.3 is 14.7 Å². The molecule has 2 aromatic rings. The number of aromatic amines is 1. The van der Waals surface area contributed by atoms with E-state index in [1.807, 2.05) is 19.2 Å². The molecule has 2 aromatic heterocycles. The fourth-order valence-electron chi connectivity index (χ4n) is 1.54. The Bertz CT molecular complexity index is 491. The van der Waals surface area contributed by atoms with E-state index in [-0.39, 0.29) is 5.54 Å². The molecule has 0 saturated carbocycles. The molecule has 0 aliphatic heterocycles. The van der Waals surface area contributed by atoms with Gasteiger partial charge in [0.2, 0.25) is 0 Å². The number of furan rings is 1. The first-order valence-corrected chi connectivity index (χ1v) is 5.79. The predicted molar refractivity (Wildman–Crippen MR) is 67.6 cm³/mol. The van der Waals surface area contributed by atoms with Gasteiger partial charge in [0.05, 0.1) is 12.5 Å². The van der Waals surface area contributed by atoms with E-state index in [9.17, 15) is 0 Å². The van der Waals surface area contributed by atoms with E-state index in [1.165, 1.54) is 0 Å². The number of rotatable bonds is 3. The minimum Gasteiger partial charge on any atom is -0.461 e. The van der Waals surface area contributed by atoms with Crippen molar-refractivity contribution in [3.63, 3.8) is 0 Å². The highest BCUT2D eigenvalue weighted by Gasteiger charge is 2.12. The lowest BCUT2D eigenvalue weighted by Gasteiger charge is -2.19. The summed E-state index contributed by atoms with van der Waals surface area (Å²) in [5.41, 5.74) is 2.26. The second kappa shape index (κ2) is 4.37. The fraction of sp³-hybridized carbons (Fsp3) is 0.462. The van der Waals surface area contributed by atoms with Crippen molar-refractivity contribution in [3.8, 4) is 11.6 Å². The van der Waals surface area contributed by atoms with Crippen LogP contribution < -0.4 is 5.32 Å². The second-order valence-corrected chi connectivity index (χ2v) is 5.29. The molecule has 0 bridgehead atoms. The Morgan fingerprint density at radius 3 is 2.76 bits per heavy atom. The number of aromatic nitrogens is 2. The SMILES string of the molecule is Cc1ccoc1-c1ncc(CNC(C)(C)C)[nH]1. The fourth-order valence-corrected chi connectivity index (χ4v) is 1.54. The molecule has 0 spiro atoms. The van der Waals surface area contributed by atoms with Crippen molar-refractivity contribution in [1.82, 2.24) is 15.3 Å². The average Bonchev–Trinajstić information content (AvgIpc) is 2.81. The van der Waals surface area contributed by atoms with E-state index in [1.54, 1.807) is 6.26 Å². The van der Waals surface area contributed by atoms with Crippen molar-refractivity contribution in [2.75, 3.05) is 0 Å². The molecule has 0 saturated heterocycles. The van der Waals surface area contributed by atoms with Gasteiger partial charge in [-0.1, -0.05) is 0 Å². The summed E-state index contributed by atoms with van der Waals surface area (Å²) in [7, 11) is 0. The topological polar surface area (TPSA) is 53.9 Å². The summed E-state index contributed by atoms with van der Waals surface area (Å²) in [6.45, 7) is 9.20. The van der Waals surface area contributed by atoms with E-state index >= 15 is 0 Å². The van der Waals surface area contributed by atoms with Gasteiger partial charge in [0.25, 0.3) is 0 Å². The smallest absolute Gasteiger partial charge is 0.174 e. The zero-order chi connectivity index (χ0) is 12.5. The van der Waals surface area contributed by atoms with Crippen LogP contribution in [-0.4, -0.2) is 15.5 Å². The molecule has 2 rings (SSSR count). The Morgan fingerprint density at radius 2 is 2.18 bits per heavy atom. The maximum atomic E-state index is 5.39. The number of imidazole rings is 1. The average molecular weight is 233 g/mol. The molecule has 0 unspecified atom stereocenters. The van der Waals surface area contributed by atoms with Gasteiger partial charge in [-0.05, 0) is 39.3 Å². The Kier molecular flexibility index (Phi) is 3.07. The van der Waals surface area contributed by atoms with Gasteiger partial charge >= 0.3 is 0 Å². The quantitative estimate of drug-likeness (QED) is 0.857. The van der Waals surface area contributed by atoms with E-state index in [2.05, 4.69) is 36.1 Å². The van der Waals surface area contributed by atoms with Crippen molar-refractivity contribution >= 4 is 0 Å². The van der Waals surface area contributed by atoms with Gasteiger partial charge in [0.15, 0.2) is 11.6 Å². The molecular weight excluding hydrogens is 214 g/mol. The molecule has 0 radical (unpaired) electrons. The van der Waals surface area contributed by atoms with Crippen LogP contribution in [-0.2, 0) is 6.54 Å². The molecule has 0 aliphatic rings. The molecule has 0 aromatic carbocycles. The van der Waals surface area contributed by atoms with Crippen LogP contribution in [0.5, 0.6) is 0 Å². The Balaban J connectivity index is 2.09. The summed E-state index contributed by atoms with van der Waals surface area (Å²) >= 11 is 0. The normalized spacial score (nSPS) is 12.0. The summed E-state index contributed by atoms with van der Waals surface area (Å²) in [5, 5.41) is 3.41. The van der Waals surface area contributed by atoms with Gasteiger partial charge in [0.1, 0.15) is 0 Å². The van der Waals surface area contributed by atoms with Crippen molar-refractivity contribution < 1.29 is 4.42 Å². The minimum absolute atomic E-state index is 0.103. The molecule has 0 amide bonds. The molecule has 4 heteroatoms. The van der Waals surface area contributed by atoms with E-state index < -0.39 is 0 Å². The maximum absolute atomic E-state index is 5.39. The zero-order valence-corrected chi connectivity index (χ0v) is 10.8. The highest BCUT2D eigenvalue weighted by atomic mass is 16.3. The zero-order valence-electron chi connectivity index (χ0n) is 10.8. The van der Waals surface area contributed by atoms with Crippen LogP contribution in [0.15, 0.2) is 22.9 Å². The van der Waals surface area contributed by atoms with Gasteiger partial charge in [-0.15, -0.1) is 0 Å². The number of H-pyrrole nitrogens is 1. The third-order valence-corrected chi connectivity index (χ3v) is 2.51. The first-order chi connectivity index (χ1) is 7.96. The van der Waals surface area contributed by atoms with Crippen LogP contribution in [0, 0.1) is 6.92 Å². The van der Waals surface area contributed by atoms with Crippen LogP contribution in [0.2, 0.25) is 0 Å². The van der Waals surface area contributed by atoms with Crippen LogP contribution in [0.1, 0.15) is 32.0 Å². The monoisotopic (exact) mass is 233 g/mol. The molecule has 17 heavy (non-hydrogen) atoms. The van der Waals surface area contributed by atoms with Crippen LogP contribution in [0.4, 0.5) is 0 Å². The Labute approximate surface area is 101 Å². The molecule has 92 valence electrons. The molecule has 2 N–H and O–H groups in total. The predicted octanol–water partition coefficient (Wildman–Crippen LogP) is 2.87. The molecule has 0 aliphatic carbocycles. The molecule has 4 nitrogen and oxygen atoms in total. The summed E-state index contributed by atoms with van der Waals surface area (Å²) in [4.78, 5) is 7.59. The molecular formula is C13H19N3O. The lowest BCUT2D eigenvalue weighted by molar-refractivity contribution is 0.421. The van der Waals surface area contributed by atoms with Crippen molar-refractivity contribution in [1.29, 1.82) is 0 Å². The lowest BCUT2D eigenvalue weighted by Crippen LogP contribution is -2.35. The van der Waals surface area contributed by atoms with E-state index in [4.69, 9.17) is 4.42 Å². The summed E-state index contributed by atoms with van der Waals surface area (Å²) < 4.78 is 5.39. The van der Waals surface area contributed by atoms with Gasteiger partial charge in [-0.25, -0.2) is 4.98 Å². The van der Waals surface area contributed by atoms with Crippen molar-refractivity contribution in [2.45, 2.75) is 39.8 Å². The van der Waals surface area contributed by atoms with Crippen LogP contribution >= 0.6 is 0 Å². The number of nitrogens with zero attached hydrogens (tertiary/aromatic N) is 1. The number of aryl methyl sites for hydroxylation is 1. The molecule has 0 fully saturated rings. The number of hydrogen-bond donors (Lipinski definition) is 2. The Morgan fingerprint density at radius 1 is 1.41 bits per heavy atom. The summed E-state index contributed by atoms with van der Waals surface area (Å²) in [6, 6.07) is 1.94. The van der Waals surface area contributed by atoms with Gasteiger partial charge in [-0.3, -0.25) is 0 Å². The third kappa shape index (κ3) is 2.97. The number of nitrogens with one attached hydrogen (secondary N) is 2. The lowest BCUT2D eigenvalue weighted by atomic mass is 10.1. The van der Waals surface area contributed by atoms with Gasteiger partial charge in [-0.2, -0.15) is 0 Å². The van der Waals surface area contributed by atoms with Gasteiger partial charge in [0, 0.05) is 17.8 Å². The molecule has 0 atom stereocenters. The highest BCUT2D eigenvalue weighted by Crippen LogP contribution is 2.21. The highest BCUT2D eigenvalue weighted by molar-refractivity contribution is 5.52. The molecule has 2 heterocycles. The second-order valence-electron chi connectivity index (χ2n) is 5.29. The number of hydrogen-bond acceptors (Lipinski definition) is 3. The summed E-state index contributed by atoms with van der Waals surface area (Å²) in [6.07, 6.45) is 3.52. The van der Waals surface area contributed by atoms with Crippen molar-refractivity contribution in [2.24, 2.45) is 0 Å². The third-order valence-electron chi connectivity index (χ3n) is 2.51. The first kappa shape index (κ1) is 11.9. The standard InChI is InChI=1S/C13H19N3O/c1-9-5-6-17-11(9)12-14-7-10(16-12)8-15-13(2,3)4/h5-7,15H,8H2,1-4H3,(H,14,16). The Hall–Kier alpha value is -1.55. The van der Waals surface area contributed by atoms with E-state index in [0.29, 0.717) is 0 Å². The maximum Gasteiger partial charge on any atom is 0.174 e. The van der Waals surface area contributed by atoms with Crippen LogP contribution in [0.25, 0.3) is 11.6 Å². The summed E-state index contributed by atoms with van der Waals surface area (Å²) in [5.74, 6) is 1.60.